The van der Waals surface area contributed by atoms with Crippen LogP contribution in [0.25, 0.3) is 33.7 Å². The molecule has 2 heterocycles. The molecule has 60 heavy (non-hydrogen) atoms. The van der Waals surface area contributed by atoms with Gasteiger partial charge in [0.2, 0.25) is 0 Å². The van der Waals surface area contributed by atoms with Gasteiger partial charge in [-0.1, -0.05) is 135 Å². The lowest BCUT2D eigenvalue weighted by atomic mass is 9.71. The minimum Gasteiger partial charge on any atom is -0.482 e. The maximum Gasteiger partial charge on any atom is 0.151 e. The molecule has 0 saturated heterocycles. The van der Waals surface area contributed by atoms with E-state index < -0.39 is 0 Å². The molecule has 5 aliphatic rings. The van der Waals surface area contributed by atoms with Crippen molar-refractivity contribution < 1.29 is 9.47 Å². The number of benzene rings is 7. The third kappa shape index (κ3) is 5.32. The van der Waals surface area contributed by atoms with E-state index in [0.717, 1.165) is 52.1 Å². The van der Waals surface area contributed by atoms with E-state index in [4.69, 9.17) is 9.47 Å². The van der Waals surface area contributed by atoms with Crippen molar-refractivity contribution in [3.05, 3.63) is 198 Å². The molecule has 0 radical (unpaired) electrons. The maximum atomic E-state index is 6.39. The SMILES string of the molecule is CCC1(C)c2cc(/C=C/c3ccc4c(ccc5cc(N6c7ccccc7OC7C=CC=CC76)ccc54)c3)ccc2C2C#CC(N3c4ccccc4Oc4ccccc43)=CC21. The largest absolute Gasteiger partial charge is 0.482 e. The number of hydrogen-bond donors (Lipinski definition) is 0. The number of allylic oxidation sites excluding steroid dienone is 4. The normalized spacial score (nSPS) is 22.7. The van der Waals surface area contributed by atoms with Gasteiger partial charge in [-0.05, 0) is 123 Å². The molecular formula is C56H42N2O2. The van der Waals surface area contributed by atoms with Crippen LogP contribution < -0.4 is 19.3 Å². The first-order valence-electron chi connectivity index (χ1n) is 21.1. The second kappa shape index (κ2) is 13.4. The van der Waals surface area contributed by atoms with Gasteiger partial charge in [-0.15, -0.1) is 0 Å². The zero-order valence-electron chi connectivity index (χ0n) is 33.5. The van der Waals surface area contributed by atoms with Gasteiger partial charge in [0.05, 0.1) is 34.7 Å². The lowest BCUT2D eigenvalue weighted by Gasteiger charge is -2.42. The van der Waals surface area contributed by atoms with Crippen LogP contribution in [0.2, 0.25) is 0 Å². The number of hydrogen-bond acceptors (Lipinski definition) is 4. The maximum absolute atomic E-state index is 6.39. The summed E-state index contributed by atoms with van der Waals surface area (Å²) in [6.45, 7) is 4.76. The molecule has 0 saturated carbocycles. The zero-order chi connectivity index (χ0) is 40.0. The van der Waals surface area contributed by atoms with Gasteiger partial charge in [0.25, 0.3) is 0 Å². The Morgan fingerprint density at radius 2 is 1.32 bits per heavy atom. The van der Waals surface area contributed by atoms with Crippen LogP contribution in [0.15, 0.2) is 176 Å². The van der Waals surface area contributed by atoms with E-state index in [9.17, 15) is 0 Å². The highest BCUT2D eigenvalue weighted by molar-refractivity contribution is 6.09. The highest BCUT2D eigenvalue weighted by atomic mass is 16.5. The van der Waals surface area contributed by atoms with Crippen molar-refractivity contribution in [2.75, 3.05) is 9.80 Å². The summed E-state index contributed by atoms with van der Waals surface area (Å²) in [5.41, 5.74) is 10.4. The predicted octanol–water partition coefficient (Wildman–Crippen LogP) is 13.8. The molecule has 5 unspecified atom stereocenters. The summed E-state index contributed by atoms with van der Waals surface area (Å²) in [4.78, 5) is 4.71. The van der Waals surface area contributed by atoms with Gasteiger partial charge in [-0.3, -0.25) is 4.90 Å². The summed E-state index contributed by atoms with van der Waals surface area (Å²) in [6.07, 6.45) is 16.6. The van der Waals surface area contributed by atoms with E-state index in [1.807, 2.05) is 30.3 Å². The fourth-order valence-electron chi connectivity index (χ4n) is 10.3. The van der Waals surface area contributed by atoms with E-state index in [0.29, 0.717) is 0 Å². The van der Waals surface area contributed by atoms with Crippen LogP contribution in [0.5, 0.6) is 17.2 Å². The van der Waals surface area contributed by atoms with Crippen LogP contribution in [0.3, 0.4) is 0 Å². The minimum absolute atomic E-state index is 0.0281. The number of nitrogens with zero attached hydrogens (tertiary/aromatic N) is 2. The highest BCUT2D eigenvalue weighted by Crippen LogP contribution is 2.56. The Morgan fingerprint density at radius 1 is 0.667 bits per heavy atom. The van der Waals surface area contributed by atoms with E-state index in [-0.39, 0.29) is 29.4 Å². The zero-order valence-corrected chi connectivity index (χ0v) is 33.5. The molecule has 288 valence electrons. The monoisotopic (exact) mass is 774 g/mol. The Kier molecular flexibility index (Phi) is 7.78. The Labute approximate surface area is 351 Å². The highest BCUT2D eigenvalue weighted by Gasteiger charge is 2.48. The number of rotatable bonds is 5. The molecule has 4 heteroatoms. The average molecular weight is 775 g/mol. The Hall–Kier alpha value is -7.22. The molecule has 0 N–H and O–H groups in total. The molecule has 0 amide bonds. The van der Waals surface area contributed by atoms with Crippen molar-refractivity contribution in [2.24, 2.45) is 5.92 Å². The first-order valence-corrected chi connectivity index (χ1v) is 21.1. The number of fused-ring (bicyclic) bond motifs is 10. The van der Waals surface area contributed by atoms with E-state index in [2.05, 4.69) is 187 Å². The average Bonchev–Trinajstić information content (AvgIpc) is 3.55. The smallest absolute Gasteiger partial charge is 0.151 e. The molecule has 2 aliphatic heterocycles. The van der Waals surface area contributed by atoms with Gasteiger partial charge < -0.3 is 14.4 Å². The van der Waals surface area contributed by atoms with Crippen molar-refractivity contribution in [1.82, 2.24) is 0 Å². The van der Waals surface area contributed by atoms with Gasteiger partial charge in [0.15, 0.2) is 11.5 Å². The second-order valence-corrected chi connectivity index (χ2v) is 16.8. The molecule has 5 atom stereocenters. The van der Waals surface area contributed by atoms with Gasteiger partial charge in [-0.25, -0.2) is 0 Å². The standard InChI is InChI=1S/C56H42N2O2/c1-3-56(2)46-33-37(23-29-44(46)45-31-27-41(35-47(45)56)58-50-14-6-10-18-54(50)60-55-19-11-7-15-51(55)58)21-20-36-22-28-42-38(32-36)24-25-39-34-40(26-30-43(39)42)57-48-12-4-8-16-52(48)59-53-17-9-5-13-49(53)57/h4-26,28-30,32-35,45,47-48,52H,3H2,1-2H3/b21-20+. The lowest BCUT2D eigenvalue weighted by molar-refractivity contribution is 0.218. The summed E-state index contributed by atoms with van der Waals surface area (Å²) < 4.78 is 12.7. The number of ether oxygens (including phenoxy) is 2. The third-order valence-corrected chi connectivity index (χ3v) is 13.6. The molecular weight excluding hydrogens is 733 g/mol. The van der Waals surface area contributed by atoms with Gasteiger partial charge >= 0.3 is 0 Å². The first kappa shape index (κ1) is 34.8. The number of para-hydroxylation sites is 6. The van der Waals surface area contributed by atoms with Crippen molar-refractivity contribution in [1.29, 1.82) is 0 Å². The van der Waals surface area contributed by atoms with Gasteiger partial charge in [-0.2, -0.15) is 0 Å². The van der Waals surface area contributed by atoms with Crippen LogP contribution in [-0.2, 0) is 5.41 Å². The van der Waals surface area contributed by atoms with Crippen molar-refractivity contribution in [3.63, 3.8) is 0 Å². The first-order chi connectivity index (χ1) is 29.5. The molecule has 4 nitrogen and oxygen atoms in total. The Bertz CT molecular complexity index is 3080. The quantitative estimate of drug-likeness (QED) is 0.0988. The molecule has 7 aromatic carbocycles. The van der Waals surface area contributed by atoms with Crippen LogP contribution in [-0.4, -0.2) is 12.1 Å². The van der Waals surface area contributed by atoms with Crippen LogP contribution in [0.4, 0.5) is 22.7 Å². The molecule has 0 fully saturated rings. The molecule has 0 spiro atoms. The third-order valence-electron chi connectivity index (χ3n) is 13.6. The molecule has 12 rings (SSSR count). The van der Waals surface area contributed by atoms with Crippen molar-refractivity contribution >= 4 is 56.4 Å². The van der Waals surface area contributed by atoms with Crippen LogP contribution >= 0.6 is 0 Å². The fourth-order valence-corrected chi connectivity index (χ4v) is 10.3. The van der Waals surface area contributed by atoms with E-state index in [1.54, 1.807) is 0 Å². The second-order valence-electron chi connectivity index (χ2n) is 16.8. The summed E-state index contributed by atoms with van der Waals surface area (Å²) in [5.74, 6) is 10.4. The van der Waals surface area contributed by atoms with Crippen molar-refractivity contribution in [2.45, 2.75) is 43.7 Å². The summed E-state index contributed by atoms with van der Waals surface area (Å²) in [5, 5.41) is 4.97. The van der Waals surface area contributed by atoms with Crippen LogP contribution in [0, 0.1) is 17.8 Å². The van der Waals surface area contributed by atoms with E-state index in [1.165, 1.54) is 43.8 Å². The molecule has 0 aromatic heterocycles. The fraction of sp³-hybridized carbons (Fsp3) is 0.143. The predicted molar refractivity (Wildman–Crippen MR) is 247 cm³/mol. The Balaban J connectivity index is 0.835. The molecule has 7 aromatic rings. The lowest BCUT2D eigenvalue weighted by Crippen LogP contribution is -2.46. The van der Waals surface area contributed by atoms with Crippen molar-refractivity contribution in [3.8, 4) is 29.1 Å². The van der Waals surface area contributed by atoms with Crippen LogP contribution in [0.1, 0.15) is 48.4 Å². The molecule has 0 bridgehead atoms. The summed E-state index contributed by atoms with van der Waals surface area (Å²) in [6, 6.07) is 50.2. The summed E-state index contributed by atoms with van der Waals surface area (Å²) in [7, 11) is 0. The summed E-state index contributed by atoms with van der Waals surface area (Å²) >= 11 is 0. The van der Waals surface area contributed by atoms with Gasteiger partial charge in [0, 0.05) is 17.0 Å². The Morgan fingerprint density at radius 3 is 2.08 bits per heavy atom. The minimum atomic E-state index is -0.0591. The van der Waals surface area contributed by atoms with E-state index >= 15 is 0 Å². The van der Waals surface area contributed by atoms with Gasteiger partial charge in [0.1, 0.15) is 11.9 Å². The topological polar surface area (TPSA) is 24.9 Å². The number of anilines is 4. The molecule has 3 aliphatic carbocycles.